The van der Waals surface area contributed by atoms with Gasteiger partial charge in [-0.25, -0.2) is 8.42 Å². The molecule has 0 bridgehead atoms. The standard InChI is InChI=1S/C15H24N2O3S/c1-5-17(8-6-7-14(16)18)21(19,20)15-12(3)9-11(2)10-13(15)4/h9-10H,5-8H2,1-4H3,(H2,16,18). The average Bonchev–Trinajstić information content (AvgIpc) is 2.32. The lowest BCUT2D eigenvalue weighted by Gasteiger charge is -2.23. The fraction of sp³-hybridized carbons (Fsp3) is 0.533. The van der Waals surface area contributed by atoms with E-state index in [2.05, 4.69) is 0 Å². The fourth-order valence-electron chi connectivity index (χ4n) is 2.58. The van der Waals surface area contributed by atoms with E-state index in [0.717, 1.165) is 16.7 Å². The van der Waals surface area contributed by atoms with Gasteiger partial charge in [-0.15, -0.1) is 0 Å². The molecule has 21 heavy (non-hydrogen) atoms. The molecular weight excluding hydrogens is 288 g/mol. The molecule has 0 heterocycles. The molecule has 2 N–H and O–H groups in total. The van der Waals surface area contributed by atoms with Gasteiger partial charge in [0.25, 0.3) is 0 Å². The van der Waals surface area contributed by atoms with Crippen LogP contribution in [0.15, 0.2) is 17.0 Å². The Morgan fingerprint density at radius 1 is 1.19 bits per heavy atom. The van der Waals surface area contributed by atoms with E-state index in [1.807, 2.05) is 32.9 Å². The van der Waals surface area contributed by atoms with Gasteiger partial charge in [0, 0.05) is 19.5 Å². The van der Waals surface area contributed by atoms with Gasteiger partial charge in [-0.1, -0.05) is 24.6 Å². The summed E-state index contributed by atoms with van der Waals surface area (Å²) in [6.07, 6.45) is 0.629. The molecule has 1 aromatic carbocycles. The van der Waals surface area contributed by atoms with Gasteiger partial charge >= 0.3 is 0 Å². The summed E-state index contributed by atoms with van der Waals surface area (Å²) in [5.74, 6) is -0.411. The van der Waals surface area contributed by atoms with Crippen LogP contribution >= 0.6 is 0 Å². The van der Waals surface area contributed by atoms with E-state index < -0.39 is 15.9 Å². The fourth-order valence-corrected chi connectivity index (χ4v) is 4.48. The number of carbonyl (C=O) groups excluding carboxylic acids is 1. The Hall–Kier alpha value is -1.40. The van der Waals surface area contributed by atoms with Crippen LogP contribution in [0.3, 0.4) is 0 Å². The van der Waals surface area contributed by atoms with Gasteiger partial charge in [-0.2, -0.15) is 4.31 Å². The number of nitrogens with two attached hydrogens (primary N) is 1. The molecule has 1 aromatic rings. The summed E-state index contributed by atoms with van der Waals surface area (Å²) in [6, 6.07) is 3.74. The van der Waals surface area contributed by atoms with Gasteiger partial charge in [-0.3, -0.25) is 4.79 Å². The molecule has 0 aromatic heterocycles. The average molecular weight is 312 g/mol. The van der Waals surface area contributed by atoms with E-state index in [-0.39, 0.29) is 6.42 Å². The van der Waals surface area contributed by atoms with E-state index >= 15 is 0 Å². The third-order valence-corrected chi connectivity index (χ3v) is 5.67. The Labute approximate surface area is 127 Å². The van der Waals surface area contributed by atoms with Crippen molar-refractivity contribution in [3.63, 3.8) is 0 Å². The SMILES string of the molecule is CCN(CCCC(N)=O)S(=O)(=O)c1c(C)cc(C)cc1C. The maximum Gasteiger partial charge on any atom is 0.243 e. The van der Waals surface area contributed by atoms with E-state index in [0.29, 0.717) is 24.4 Å². The molecule has 0 aliphatic carbocycles. The van der Waals surface area contributed by atoms with Crippen LogP contribution in [0.5, 0.6) is 0 Å². The van der Waals surface area contributed by atoms with Crippen molar-refractivity contribution in [1.29, 1.82) is 0 Å². The molecule has 1 rings (SSSR count). The van der Waals surface area contributed by atoms with Gasteiger partial charge in [0.2, 0.25) is 15.9 Å². The van der Waals surface area contributed by atoms with E-state index in [4.69, 9.17) is 5.73 Å². The number of benzene rings is 1. The van der Waals surface area contributed by atoms with E-state index in [1.165, 1.54) is 4.31 Å². The quantitative estimate of drug-likeness (QED) is 0.835. The number of amides is 1. The number of hydrogen-bond acceptors (Lipinski definition) is 3. The molecular formula is C15H24N2O3S. The van der Waals surface area contributed by atoms with Crippen molar-refractivity contribution < 1.29 is 13.2 Å². The second-order valence-electron chi connectivity index (χ2n) is 5.29. The first-order valence-corrected chi connectivity index (χ1v) is 8.50. The predicted molar refractivity (Wildman–Crippen MR) is 83.5 cm³/mol. The zero-order valence-corrected chi connectivity index (χ0v) is 14.0. The van der Waals surface area contributed by atoms with E-state index in [9.17, 15) is 13.2 Å². The summed E-state index contributed by atoms with van der Waals surface area (Å²) in [7, 11) is -3.55. The molecule has 0 aliphatic rings. The topological polar surface area (TPSA) is 80.5 Å². The second-order valence-corrected chi connectivity index (χ2v) is 7.17. The minimum atomic E-state index is -3.55. The molecule has 0 saturated heterocycles. The largest absolute Gasteiger partial charge is 0.370 e. The Bertz CT molecular complexity index is 601. The van der Waals surface area contributed by atoms with Crippen LogP contribution in [0.1, 0.15) is 36.5 Å². The molecule has 0 spiro atoms. The van der Waals surface area contributed by atoms with Gasteiger partial charge in [0.15, 0.2) is 0 Å². The number of hydrogen-bond donors (Lipinski definition) is 1. The van der Waals surface area contributed by atoms with Crippen molar-refractivity contribution in [3.05, 3.63) is 28.8 Å². The summed E-state index contributed by atoms with van der Waals surface area (Å²) in [5.41, 5.74) is 7.64. The van der Waals surface area contributed by atoms with Crippen LogP contribution in [-0.2, 0) is 14.8 Å². The molecule has 118 valence electrons. The van der Waals surface area contributed by atoms with Crippen LogP contribution < -0.4 is 5.73 Å². The van der Waals surface area contributed by atoms with Crippen molar-refractivity contribution in [2.45, 2.75) is 45.4 Å². The maximum absolute atomic E-state index is 12.8. The minimum absolute atomic E-state index is 0.192. The number of carbonyl (C=O) groups is 1. The minimum Gasteiger partial charge on any atom is -0.370 e. The molecule has 0 aliphatic heterocycles. The van der Waals surface area contributed by atoms with Crippen molar-refractivity contribution in [2.75, 3.05) is 13.1 Å². The lowest BCUT2D eigenvalue weighted by Crippen LogP contribution is -2.33. The molecule has 0 atom stereocenters. The van der Waals surface area contributed by atoms with Crippen LogP contribution in [-0.4, -0.2) is 31.7 Å². The summed E-state index contributed by atoms with van der Waals surface area (Å²) in [4.78, 5) is 11.2. The Morgan fingerprint density at radius 2 is 1.71 bits per heavy atom. The van der Waals surface area contributed by atoms with Gasteiger partial charge < -0.3 is 5.73 Å². The predicted octanol–water partition coefficient (Wildman–Crippen LogP) is 1.89. The van der Waals surface area contributed by atoms with Gasteiger partial charge in [0.05, 0.1) is 4.90 Å². The maximum atomic E-state index is 12.8. The first-order chi connectivity index (χ1) is 9.70. The number of nitrogens with zero attached hydrogens (tertiary/aromatic N) is 1. The Morgan fingerprint density at radius 3 is 2.14 bits per heavy atom. The summed E-state index contributed by atoms with van der Waals surface area (Å²) < 4.78 is 27.0. The molecule has 0 unspecified atom stereocenters. The van der Waals surface area contributed by atoms with Crippen molar-refractivity contribution in [2.24, 2.45) is 5.73 Å². The molecule has 0 radical (unpaired) electrons. The number of aryl methyl sites for hydroxylation is 3. The molecule has 0 fully saturated rings. The zero-order chi connectivity index (χ0) is 16.2. The molecule has 1 amide bonds. The Kier molecular flexibility index (Phi) is 5.92. The summed E-state index contributed by atoms with van der Waals surface area (Å²) in [6.45, 7) is 8.03. The van der Waals surface area contributed by atoms with Gasteiger partial charge in [-0.05, 0) is 38.3 Å². The number of rotatable bonds is 7. The highest BCUT2D eigenvalue weighted by atomic mass is 32.2. The number of sulfonamides is 1. The second kappa shape index (κ2) is 7.04. The smallest absolute Gasteiger partial charge is 0.243 e. The first-order valence-electron chi connectivity index (χ1n) is 7.06. The summed E-state index contributed by atoms with van der Waals surface area (Å²) >= 11 is 0. The Balaban J connectivity index is 3.11. The molecule has 0 saturated carbocycles. The highest BCUT2D eigenvalue weighted by molar-refractivity contribution is 7.89. The molecule has 5 nitrogen and oxygen atoms in total. The first kappa shape index (κ1) is 17.7. The third-order valence-electron chi connectivity index (χ3n) is 3.39. The lowest BCUT2D eigenvalue weighted by molar-refractivity contribution is -0.118. The van der Waals surface area contributed by atoms with Gasteiger partial charge in [0.1, 0.15) is 0 Å². The normalized spacial score (nSPS) is 11.9. The van der Waals surface area contributed by atoms with Crippen LogP contribution in [0.25, 0.3) is 0 Å². The third kappa shape index (κ3) is 4.28. The highest BCUT2D eigenvalue weighted by Crippen LogP contribution is 2.25. The molecule has 6 heteroatoms. The lowest BCUT2D eigenvalue weighted by atomic mass is 10.1. The van der Waals surface area contributed by atoms with Crippen LogP contribution in [0.2, 0.25) is 0 Å². The van der Waals surface area contributed by atoms with Crippen LogP contribution in [0, 0.1) is 20.8 Å². The van der Waals surface area contributed by atoms with Crippen molar-refractivity contribution in [3.8, 4) is 0 Å². The monoisotopic (exact) mass is 312 g/mol. The summed E-state index contributed by atoms with van der Waals surface area (Å²) in [5, 5.41) is 0. The van der Waals surface area contributed by atoms with Crippen LogP contribution in [0.4, 0.5) is 0 Å². The number of primary amides is 1. The highest BCUT2D eigenvalue weighted by Gasteiger charge is 2.26. The van der Waals surface area contributed by atoms with E-state index in [1.54, 1.807) is 6.92 Å². The van der Waals surface area contributed by atoms with Crippen molar-refractivity contribution in [1.82, 2.24) is 4.31 Å². The zero-order valence-electron chi connectivity index (χ0n) is 13.1. The van der Waals surface area contributed by atoms with Crippen molar-refractivity contribution >= 4 is 15.9 Å².